The summed E-state index contributed by atoms with van der Waals surface area (Å²) in [5.74, 6) is -0.770. The number of imidazole rings is 1. The van der Waals surface area contributed by atoms with Crippen LogP contribution in [0.2, 0.25) is 0 Å². The Hall–Kier alpha value is -2.50. The van der Waals surface area contributed by atoms with Gasteiger partial charge < -0.3 is 39.4 Å². The molecule has 0 aromatic carbocycles. The van der Waals surface area contributed by atoms with Crippen molar-refractivity contribution in [3.63, 3.8) is 0 Å². The molecule has 0 spiro atoms. The van der Waals surface area contributed by atoms with Gasteiger partial charge >= 0.3 is 13.6 Å². The van der Waals surface area contributed by atoms with Gasteiger partial charge in [0, 0.05) is 0 Å². The van der Waals surface area contributed by atoms with Gasteiger partial charge in [-0.25, -0.2) is 19.5 Å². The van der Waals surface area contributed by atoms with Gasteiger partial charge in [0.2, 0.25) is 11.8 Å². The van der Waals surface area contributed by atoms with Crippen LogP contribution in [0.25, 0.3) is 11.2 Å². The first-order valence-electron chi connectivity index (χ1n) is 14.9. The van der Waals surface area contributed by atoms with E-state index in [1.807, 2.05) is 41.5 Å². The Morgan fingerprint density at radius 1 is 1.20 bits per heavy atom. The van der Waals surface area contributed by atoms with Gasteiger partial charge in [-0.3, -0.25) is 13.9 Å². The quantitative estimate of drug-likeness (QED) is 0.110. The van der Waals surface area contributed by atoms with Gasteiger partial charge in [0.1, 0.15) is 17.7 Å². The molecule has 1 aliphatic rings. The lowest BCUT2D eigenvalue weighted by Gasteiger charge is -2.30. The molecule has 2 aromatic rings. The fourth-order valence-corrected chi connectivity index (χ4v) is 6.26. The fourth-order valence-electron chi connectivity index (χ4n) is 4.40. The molecular weight excluding hydrogens is 628 g/mol. The first kappa shape index (κ1) is 38.0. The third-order valence-corrected chi connectivity index (χ3v) is 8.80. The molecule has 1 saturated heterocycles. The van der Waals surface area contributed by atoms with Crippen molar-refractivity contribution in [2.45, 2.75) is 105 Å². The average Bonchev–Trinajstić information content (AvgIpc) is 3.44. The number of aliphatic hydroxyl groups excluding tert-OH is 1. The highest BCUT2D eigenvalue weighted by Crippen LogP contribution is 2.45. The summed E-state index contributed by atoms with van der Waals surface area (Å²) in [4.78, 5) is 25.0. The van der Waals surface area contributed by atoms with E-state index < -0.39 is 62.7 Å². The van der Waals surface area contributed by atoms with Crippen LogP contribution in [0, 0.1) is 10.8 Å². The molecule has 6 N–H and O–H groups in total. The van der Waals surface area contributed by atoms with Crippen LogP contribution in [0.1, 0.15) is 68.5 Å². The molecule has 0 saturated carbocycles. The lowest BCUT2D eigenvalue weighted by atomic mass is 9.98. The highest BCUT2D eigenvalue weighted by Gasteiger charge is 2.55. The normalized spacial score (nSPS) is 25.6. The number of nitrogens with two attached hydrogens (primary N) is 1. The standard InChI is InChI=1S/C28H49FN7O9P/c1-15(22(37)42-12-26(3,4)5)34-46(40,35-16(2)23(38)43-13-27(6,7)8)44-11-17-19(29)28(9,39)24(45-17)36-14-31-18-20(36)32-25(30)33-21(18)41-10/h14-17,19,22,24,37,39H,11-13H2,1-10H3,(H2,30,32,33)(H2,34,35,40). The van der Waals surface area contributed by atoms with Crippen molar-refractivity contribution in [3.8, 4) is 5.88 Å². The van der Waals surface area contributed by atoms with E-state index in [9.17, 15) is 19.6 Å². The third kappa shape index (κ3) is 9.53. The van der Waals surface area contributed by atoms with E-state index in [-0.39, 0.29) is 47.0 Å². The summed E-state index contributed by atoms with van der Waals surface area (Å²) in [7, 11) is -2.90. The highest BCUT2D eigenvalue weighted by molar-refractivity contribution is 7.54. The van der Waals surface area contributed by atoms with Gasteiger partial charge in [0.25, 0.3) is 0 Å². The Morgan fingerprint density at radius 2 is 1.83 bits per heavy atom. The third-order valence-electron chi connectivity index (χ3n) is 6.81. The second-order valence-corrected chi connectivity index (χ2v) is 16.0. The number of nitrogens with zero attached hydrogens (tertiary/aromatic N) is 4. The summed E-state index contributed by atoms with van der Waals surface area (Å²) in [5.41, 5.74) is 3.42. The van der Waals surface area contributed by atoms with Crippen LogP contribution < -0.4 is 20.6 Å². The van der Waals surface area contributed by atoms with Crippen LogP contribution in [-0.2, 0) is 28.1 Å². The van der Waals surface area contributed by atoms with Gasteiger partial charge in [-0.05, 0) is 31.6 Å². The van der Waals surface area contributed by atoms with Crippen molar-refractivity contribution in [2.75, 3.05) is 32.7 Å². The molecule has 1 aliphatic heterocycles. The number of rotatable bonds is 14. The van der Waals surface area contributed by atoms with E-state index in [2.05, 4.69) is 25.1 Å². The first-order valence-corrected chi connectivity index (χ1v) is 16.5. The van der Waals surface area contributed by atoms with Gasteiger partial charge in [-0.2, -0.15) is 9.97 Å². The summed E-state index contributed by atoms with van der Waals surface area (Å²) in [6, 6.07) is -2.11. The van der Waals surface area contributed by atoms with Crippen LogP contribution >= 0.6 is 7.67 Å². The number of nitrogen functional groups attached to an aromatic ring is 1. The minimum Gasteiger partial charge on any atom is -0.479 e. The maximum Gasteiger partial charge on any atom is 0.342 e. The van der Waals surface area contributed by atoms with Crippen LogP contribution in [-0.4, -0.2) is 98.9 Å². The van der Waals surface area contributed by atoms with E-state index in [0.29, 0.717) is 0 Å². The maximum atomic E-state index is 15.8. The number of hydrogen-bond donors (Lipinski definition) is 5. The summed E-state index contributed by atoms with van der Waals surface area (Å²) in [6.45, 7) is 15.2. The summed E-state index contributed by atoms with van der Waals surface area (Å²) >= 11 is 0. The molecule has 8 unspecified atom stereocenters. The number of carbonyl (C=O) groups is 1. The Bertz CT molecular complexity index is 1400. The summed E-state index contributed by atoms with van der Waals surface area (Å²) in [5, 5.41) is 27.1. The molecule has 2 aromatic heterocycles. The number of alkyl halides is 1. The van der Waals surface area contributed by atoms with Crippen LogP contribution in [0.4, 0.5) is 10.3 Å². The molecular formula is C28H49FN7O9P. The zero-order valence-electron chi connectivity index (χ0n) is 28.1. The van der Waals surface area contributed by atoms with Gasteiger partial charge in [0.05, 0.1) is 39.3 Å². The largest absolute Gasteiger partial charge is 0.479 e. The predicted octanol–water partition coefficient (Wildman–Crippen LogP) is 2.45. The smallest absolute Gasteiger partial charge is 0.342 e. The second kappa shape index (κ2) is 14.3. The van der Waals surface area contributed by atoms with Crippen LogP contribution in [0.5, 0.6) is 5.88 Å². The molecule has 0 radical (unpaired) electrons. The Balaban J connectivity index is 1.82. The Morgan fingerprint density at radius 3 is 2.41 bits per heavy atom. The minimum absolute atomic E-state index is 0.0755. The number of hydrogen-bond acceptors (Lipinski definition) is 13. The maximum absolute atomic E-state index is 15.8. The van der Waals surface area contributed by atoms with E-state index >= 15 is 4.39 Å². The van der Waals surface area contributed by atoms with Gasteiger partial charge in [0.15, 0.2) is 29.9 Å². The predicted molar refractivity (Wildman–Crippen MR) is 166 cm³/mol. The van der Waals surface area contributed by atoms with Crippen molar-refractivity contribution >= 4 is 30.8 Å². The lowest BCUT2D eigenvalue weighted by Crippen LogP contribution is -2.45. The van der Waals surface area contributed by atoms with E-state index in [4.69, 9.17) is 29.2 Å². The molecule has 8 atom stereocenters. The van der Waals surface area contributed by atoms with E-state index in [1.54, 1.807) is 0 Å². The molecule has 0 aliphatic carbocycles. The van der Waals surface area contributed by atoms with Crippen molar-refractivity contribution in [1.82, 2.24) is 29.7 Å². The topological polar surface area (TPSA) is 214 Å². The number of esters is 1. The molecule has 1 fully saturated rings. The summed E-state index contributed by atoms with van der Waals surface area (Å²) < 4.78 is 58.9. The van der Waals surface area contributed by atoms with Gasteiger partial charge in [-0.1, -0.05) is 41.5 Å². The van der Waals surface area contributed by atoms with Crippen LogP contribution in [0.15, 0.2) is 6.33 Å². The molecule has 3 rings (SSSR count). The molecule has 0 amide bonds. The second-order valence-electron chi connectivity index (χ2n) is 14.1. The zero-order valence-corrected chi connectivity index (χ0v) is 29.0. The first-order chi connectivity index (χ1) is 21.1. The SMILES string of the molecule is COc1nc(N)nc2c1ncn2C1OC(COP(=O)(NC(C)C(=O)OCC(C)(C)C)NC(C)C(O)OCC(C)(C)C)C(F)C1(C)O. The number of halogens is 1. The van der Waals surface area contributed by atoms with E-state index in [1.165, 1.54) is 38.8 Å². The number of ether oxygens (including phenoxy) is 4. The molecule has 0 bridgehead atoms. The number of carbonyl (C=O) groups excluding carboxylic acids is 1. The number of anilines is 1. The molecule has 16 nitrogen and oxygen atoms in total. The number of nitrogens with one attached hydrogen (secondary N) is 2. The minimum atomic E-state index is -4.27. The highest BCUT2D eigenvalue weighted by atomic mass is 31.2. The van der Waals surface area contributed by atoms with Crippen molar-refractivity contribution in [3.05, 3.63) is 6.33 Å². The monoisotopic (exact) mass is 677 g/mol. The zero-order chi connectivity index (χ0) is 34.8. The van der Waals surface area contributed by atoms with Gasteiger partial charge in [-0.15, -0.1) is 0 Å². The Labute approximate surface area is 268 Å². The number of aromatic nitrogens is 4. The number of aliphatic hydroxyl groups is 2. The molecule has 262 valence electrons. The fraction of sp³-hybridized carbons (Fsp3) is 0.786. The molecule has 18 heteroatoms. The molecule has 3 heterocycles. The van der Waals surface area contributed by atoms with Crippen LogP contribution in [0.3, 0.4) is 0 Å². The molecule has 46 heavy (non-hydrogen) atoms. The number of fused-ring (bicyclic) bond motifs is 1. The summed E-state index contributed by atoms with van der Waals surface area (Å²) in [6.07, 6.45) is -4.99. The Kier molecular flexibility index (Phi) is 11.8. The lowest BCUT2D eigenvalue weighted by molar-refractivity contribution is -0.148. The number of methoxy groups -OCH3 is 1. The van der Waals surface area contributed by atoms with Crippen molar-refractivity contribution < 1.29 is 47.4 Å². The van der Waals surface area contributed by atoms with E-state index in [0.717, 1.165) is 0 Å². The van der Waals surface area contributed by atoms with Crippen molar-refractivity contribution in [1.29, 1.82) is 0 Å². The van der Waals surface area contributed by atoms with Crippen molar-refractivity contribution in [2.24, 2.45) is 10.8 Å². The average molecular weight is 678 g/mol.